The van der Waals surface area contributed by atoms with Gasteiger partial charge in [0.2, 0.25) is 0 Å². The van der Waals surface area contributed by atoms with E-state index < -0.39 is 0 Å². The van der Waals surface area contributed by atoms with Crippen molar-refractivity contribution in [2.45, 2.75) is 58.4 Å². The molecule has 2 atom stereocenters. The molecule has 0 fully saturated rings. The minimum atomic E-state index is -0.334. The van der Waals surface area contributed by atoms with Crippen LogP contribution in [0.15, 0.2) is 0 Å². The molecule has 0 aromatic heterocycles. The Kier molecular flexibility index (Phi) is 11.3. The Balaban J connectivity index is 5.21. The molecule has 0 aliphatic rings. The summed E-state index contributed by atoms with van der Waals surface area (Å²) in [5.41, 5.74) is 5.51. The van der Waals surface area contributed by atoms with Gasteiger partial charge < -0.3 is 20.1 Å². The van der Waals surface area contributed by atoms with E-state index in [1.807, 2.05) is 0 Å². The van der Waals surface area contributed by atoms with E-state index in [0.29, 0.717) is 6.54 Å². The molecule has 0 aromatic rings. The van der Waals surface area contributed by atoms with Crippen LogP contribution in [0.4, 0.5) is 0 Å². The summed E-state index contributed by atoms with van der Waals surface area (Å²) >= 11 is 0. The largest absolute Gasteiger partial charge is 0.366 e. The standard InChI is InChI=1S/C16H37N3O2/c1-7-10-15(20-5)19(14-13-18(4)9-3)16(8-2,21-6)11-12-17/h15H,7-14,17H2,1-6H3. The van der Waals surface area contributed by atoms with Gasteiger partial charge in [-0.25, -0.2) is 4.90 Å². The molecule has 0 saturated carbocycles. The first-order valence-corrected chi connectivity index (χ1v) is 8.28. The average Bonchev–Trinajstić information content (AvgIpc) is 2.52. The van der Waals surface area contributed by atoms with Crippen molar-refractivity contribution in [2.75, 3.05) is 47.4 Å². The molecule has 21 heavy (non-hydrogen) atoms. The minimum absolute atomic E-state index is 0.0757. The Hall–Kier alpha value is -0.200. The van der Waals surface area contributed by atoms with Crippen molar-refractivity contribution in [3.05, 3.63) is 0 Å². The fourth-order valence-corrected chi connectivity index (χ4v) is 2.81. The first-order valence-electron chi connectivity index (χ1n) is 8.28. The molecule has 5 heteroatoms. The Morgan fingerprint density at radius 2 is 1.81 bits per heavy atom. The molecule has 5 nitrogen and oxygen atoms in total. The van der Waals surface area contributed by atoms with Crippen molar-refractivity contribution in [2.24, 2.45) is 5.73 Å². The third-order valence-electron chi connectivity index (χ3n) is 4.41. The maximum atomic E-state index is 5.93. The number of hydrogen-bond acceptors (Lipinski definition) is 5. The molecule has 0 heterocycles. The number of nitrogens with zero attached hydrogens (tertiary/aromatic N) is 2. The highest BCUT2D eigenvalue weighted by Crippen LogP contribution is 2.28. The Morgan fingerprint density at radius 3 is 2.19 bits per heavy atom. The molecule has 128 valence electrons. The first kappa shape index (κ1) is 20.8. The summed E-state index contributed by atoms with van der Waals surface area (Å²) in [4.78, 5) is 4.68. The van der Waals surface area contributed by atoms with Crippen LogP contribution < -0.4 is 5.73 Å². The number of ether oxygens (including phenoxy) is 2. The zero-order valence-corrected chi connectivity index (χ0v) is 15.0. The minimum Gasteiger partial charge on any atom is -0.366 e. The topological polar surface area (TPSA) is 51.0 Å². The van der Waals surface area contributed by atoms with Crippen LogP contribution in [0.3, 0.4) is 0 Å². The van der Waals surface area contributed by atoms with Gasteiger partial charge in [0.1, 0.15) is 12.0 Å². The lowest BCUT2D eigenvalue weighted by molar-refractivity contribution is -0.208. The number of hydrogen-bond donors (Lipinski definition) is 1. The van der Waals surface area contributed by atoms with Gasteiger partial charge in [0, 0.05) is 33.7 Å². The molecule has 2 N–H and O–H groups in total. The van der Waals surface area contributed by atoms with Gasteiger partial charge in [0.15, 0.2) is 0 Å². The average molecular weight is 303 g/mol. The van der Waals surface area contributed by atoms with Crippen LogP contribution in [-0.4, -0.2) is 69.2 Å². The van der Waals surface area contributed by atoms with E-state index in [2.05, 4.69) is 37.6 Å². The molecule has 0 spiro atoms. The van der Waals surface area contributed by atoms with Crippen molar-refractivity contribution in [1.29, 1.82) is 0 Å². The molecule has 0 aliphatic heterocycles. The molecule has 2 unspecified atom stereocenters. The van der Waals surface area contributed by atoms with Crippen molar-refractivity contribution < 1.29 is 9.47 Å². The van der Waals surface area contributed by atoms with E-state index >= 15 is 0 Å². The molecular formula is C16H37N3O2. The molecule has 0 amide bonds. The van der Waals surface area contributed by atoms with Crippen molar-refractivity contribution in [1.82, 2.24) is 9.80 Å². The van der Waals surface area contributed by atoms with Gasteiger partial charge in [0.05, 0.1) is 0 Å². The summed E-state index contributed by atoms with van der Waals surface area (Å²) in [6.07, 6.45) is 3.89. The molecule has 0 aliphatic carbocycles. The van der Waals surface area contributed by atoms with Crippen LogP contribution in [-0.2, 0) is 9.47 Å². The molecule has 0 aromatic carbocycles. The summed E-state index contributed by atoms with van der Waals surface area (Å²) in [6.45, 7) is 10.1. The summed E-state index contributed by atoms with van der Waals surface area (Å²) in [7, 11) is 5.72. The quantitative estimate of drug-likeness (QED) is 0.528. The van der Waals surface area contributed by atoms with Gasteiger partial charge in [-0.1, -0.05) is 27.2 Å². The van der Waals surface area contributed by atoms with E-state index in [4.69, 9.17) is 15.2 Å². The zero-order valence-electron chi connectivity index (χ0n) is 15.0. The normalized spacial score (nSPS) is 16.4. The van der Waals surface area contributed by atoms with Crippen LogP contribution >= 0.6 is 0 Å². The summed E-state index contributed by atoms with van der Waals surface area (Å²) in [6, 6.07) is 0. The molecule has 0 radical (unpaired) electrons. The lowest BCUT2D eigenvalue weighted by atomic mass is 10.0. The van der Waals surface area contributed by atoms with Crippen LogP contribution in [0.25, 0.3) is 0 Å². The number of rotatable bonds is 13. The Labute approximate surface area is 131 Å². The number of nitrogens with two attached hydrogens (primary N) is 1. The monoisotopic (exact) mass is 303 g/mol. The first-order chi connectivity index (χ1) is 10.0. The van der Waals surface area contributed by atoms with Crippen LogP contribution in [0.2, 0.25) is 0 Å². The lowest BCUT2D eigenvalue weighted by Crippen LogP contribution is -2.57. The predicted molar refractivity (Wildman–Crippen MR) is 89.3 cm³/mol. The fraction of sp³-hybridized carbons (Fsp3) is 1.00. The van der Waals surface area contributed by atoms with Gasteiger partial charge in [-0.3, -0.25) is 0 Å². The summed E-state index contributed by atoms with van der Waals surface area (Å²) in [5.74, 6) is 0. The number of likely N-dealkylation sites (N-methyl/N-ethyl adjacent to an activating group) is 1. The second-order valence-corrected chi connectivity index (χ2v) is 5.61. The zero-order chi connectivity index (χ0) is 16.3. The summed E-state index contributed by atoms with van der Waals surface area (Å²) < 4.78 is 11.7. The molecule has 0 rings (SSSR count). The fourth-order valence-electron chi connectivity index (χ4n) is 2.81. The van der Waals surface area contributed by atoms with Gasteiger partial charge in [0.25, 0.3) is 0 Å². The predicted octanol–water partition coefficient (Wildman–Crippen LogP) is 2.11. The third kappa shape index (κ3) is 6.20. The van der Waals surface area contributed by atoms with Crippen LogP contribution in [0, 0.1) is 0 Å². The van der Waals surface area contributed by atoms with E-state index in [1.54, 1.807) is 14.2 Å². The summed E-state index contributed by atoms with van der Waals surface area (Å²) in [5, 5.41) is 0. The molecule has 0 bridgehead atoms. The molecular weight excluding hydrogens is 266 g/mol. The van der Waals surface area contributed by atoms with Crippen LogP contribution in [0.1, 0.15) is 46.5 Å². The van der Waals surface area contributed by atoms with E-state index in [1.165, 1.54) is 0 Å². The number of methoxy groups -OCH3 is 2. The molecule has 0 saturated heterocycles. The SMILES string of the molecule is CCCC(OC)N(CCN(C)CC)C(CC)(CCN)OC. The Morgan fingerprint density at radius 1 is 1.14 bits per heavy atom. The smallest absolute Gasteiger partial charge is 0.124 e. The van der Waals surface area contributed by atoms with E-state index in [0.717, 1.165) is 45.3 Å². The highest BCUT2D eigenvalue weighted by Gasteiger charge is 2.38. The lowest BCUT2D eigenvalue weighted by Gasteiger charge is -2.46. The van der Waals surface area contributed by atoms with Gasteiger partial charge >= 0.3 is 0 Å². The maximum Gasteiger partial charge on any atom is 0.124 e. The van der Waals surface area contributed by atoms with E-state index in [-0.39, 0.29) is 12.0 Å². The van der Waals surface area contributed by atoms with Gasteiger partial charge in [-0.05, 0) is 33.0 Å². The Bertz CT molecular complexity index is 248. The second-order valence-electron chi connectivity index (χ2n) is 5.61. The second kappa shape index (κ2) is 11.4. The van der Waals surface area contributed by atoms with Crippen molar-refractivity contribution in [3.8, 4) is 0 Å². The maximum absolute atomic E-state index is 5.93. The van der Waals surface area contributed by atoms with Crippen LogP contribution in [0.5, 0.6) is 0 Å². The van der Waals surface area contributed by atoms with Gasteiger partial charge in [-0.2, -0.15) is 0 Å². The van der Waals surface area contributed by atoms with Crippen molar-refractivity contribution >= 4 is 0 Å². The van der Waals surface area contributed by atoms with E-state index in [9.17, 15) is 0 Å². The van der Waals surface area contributed by atoms with Crippen molar-refractivity contribution in [3.63, 3.8) is 0 Å². The highest BCUT2D eigenvalue weighted by molar-refractivity contribution is 4.83. The third-order valence-corrected chi connectivity index (χ3v) is 4.41. The highest BCUT2D eigenvalue weighted by atomic mass is 16.5. The van der Waals surface area contributed by atoms with Gasteiger partial charge in [-0.15, -0.1) is 0 Å².